The van der Waals surface area contributed by atoms with Crippen molar-refractivity contribution in [3.63, 3.8) is 0 Å². The molecule has 1 heterocycles. The molecule has 5 heteroatoms. The Bertz CT molecular complexity index is 426. The second kappa shape index (κ2) is 6.86. The third-order valence-electron chi connectivity index (χ3n) is 2.94. The Morgan fingerprint density at radius 3 is 2.78 bits per heavy atom. The van der Waals surface area contributed by atoms with Crippen LogP contribution in [0.4, 0.5) is 0 Å². The SMILES string of the molecule is CCCCC(NCc1nn[nH]n1)c1ccccc1. The molecule has 0 fully saturated rings. The number of rotatable bonds is 7. The first-order chi connectivity index (χ1) is 8.90. The van der Waals surface area contributed by atoms with Gasteiger partial charge in [-0.2, -0.15) is 5.21 Å². The largest absolute Gasteiger partial charge is 0.303 e. The molecule has 0 amide bonds. The van der Waals surface area contributed by atoms with Gasteiger partial charge in [0.1, 0.15) is 0 Å². The highest BCUT2D eigenvalue weighted by atomic mass is 15.5. The molecule has 96 valence electrons. The Morgan fingerprint density at radius 2 is 2.11 bits per heavy atom. The number of tetrazole rings is 1. The maximum absolute atomic E-state index is 3.95. The summed E-state index contributed by atoms with van der Waals surface area (Å²) in [4.78, 5) is 0. The van der Waals surface area contributed by atoms with Crippen LogP contribution in [0.1, 0.15) is 43.6 Å². The van der Waals surface area contributed by atoms with E-state index in [4.69, 9.17) is 0 Å². The van der Waals surface area contributed by atoms with Gasteiger partial charge in [0.15, 0.2) is 5.82 Å². The van der Waals surface area contributed by atoms with Gasteiger partial charge in [0.25, 0.3) is 0 Å². The first-order valence-electron chi connectivity index (χ1n) is 6.40. The fourth-order valence-electron chi connectivity index (χ4n) is 1.95. The first kappa shape index (κ1) is 12.7. The highest BCUT2D eigenvalue weighted by Gasteiger charge is 2.11. The normalized spacial score (nSPS) is 12.5. The van der Waals surface area contributed by atoms with E-state index in [-0.39, 0.29) is 0 Å². The summed E-state index contributed by atoms with van der Waals surface area (Å²) < 4.78 is 0. The zero-order chi connectivity index (χ0) is 12.6. The summed E-state index contributed by atoms with van der Waals surface area (Å²) in [6.45, 7) is 2.85. The van der Waals surface area contributed by atoms with Crippen LogP contribution in [-0.4, -0.2) is 20.6 Å². The van der Waals surface area contributed by atoms with Gasteiger partial charge in [0, 0.05) is 6.04 Å². The minimum absolute atomic E-state index is 0.352. The lowest BCUT2D eigenvalue weighted by Crippen LogP contribution is -2.21. The maximum Gasteiger partial charge on any atom is 0.188 e. The minimum atomic E-state index is 0.352. The lowest BCUT2D eigenvalue weighted by atomic mass is 10.0. The lowest BCUT2D eigenvalue weighted by molar-refractivity contribution is 0.473. The van der Waals surface area contributed by atoms with Gasteiger partial charge in [-0.3, -0.25) is 0 Å². The number of unbranched alkanes of at least 4 members (excludes halogenated alkanes) is 1. The second-order valence-corrected chi connectivity index (χ2v) is 4.31. The molecule has 2 aromatic rings. The van der Waals surface area contributed by atoms with Gasteiger partial charge in [-0.05, 0) is 12.0 Å². The van der Waals surface area contributed by atoms with Crippen molar-refractivity contribution in [1.82, 2.24) is 25.9 Å². The molecule has 0 spiro atoms. The predicted octanol–water partition coefficient (Wildman–Crippen LogP) is 2.22. The molecule has 1 aromatic heterocycles. The van der Waals surface area contributed by atoms with Gasteiger partial charge in [0.2, 0.25) is 0 Å². The molecule has 0 bridgehead atoms. The summed E-state index contributed by atoms with van der Waals surface area (Å²) in [6, 6.07) is 10.9. The molecular formula is C13H19N5. The molecule has 0 aliphatic heterocycles. The average Bonchev–Trinajstić information content (AvgIpc) is 2.93. The van der Waals surface area contributed by atoms with Crippen molar-refractivity contribution in [2.75, 3.05) is 0 Å². The minimum Gasteiger partial charge on any atom is -0.303 e. The van der Waals surface area contributed by atoms with Crippen LogP contribution in [0.3, 0.4) is 0 Å². The number of H-pyrrole nitrogens is 1. The van der Waals surface area contributed by atoms with Gasteiger partial charge < -0.3 is 5.32 Å². The van der Waals surface area contributed by atoms with Crippen LogP contribution in [0.2, 0.25) is 0 Å². The van der Waals surface area contributed by atoms with Crippen molar-refractivity contribution in [2.45, 2.75) is 38.8 Å². The zero-order valence-corrected chi connectivity index (χ0v) is 10.6. The van der Waals surface area contributed by atoms with E-state index in [0.717, 1.165) is 6.42 Å². The van der Waals surface area contributed by atoms with Gasteiger partial charge >= 0.3 is 0 Å². The number of hydrogen-bond donors (Lipinski definition) is 2. The second-order valence-electron chi connectivity index (χ2n) is 4.31. The number of hydrogen-bond acceptors (Lipinski definition) is 4. The monoisotopic (exact) mass is 245 g/mol. The Kier molecular flexibility index (Phi) is 4.84. The highest BCUT2D eigenvalue weighted by molar-refractivity contribution is 5.18. The third kappa shape index (κ3) is 3.63. The molecule has 1 aromatic carbocycles. The molecule has 5 nitrogen and oxygen atoms in total. The van der Waals surface area contributed by atoms with Gasteiger partial charge in [-0.15, -0.1) is 10.2 Å². The van der Waals surface area contributed by atoms with Crippen molar-refractivity contribution in [3.8, 4) is 0 Å². The molecule has 0 saturated carbocycles. The molecule has 2 N–H and O–H groups in total. The smallest absolute Gasteiger partial charge is 0.188 e. The summed E-state index contributed by atoms with van der Waals surface area (Å²) in [6.07, 6.45) is 3.53. The van der Waals surface area contributed by atoms with Crippen molar-refractivity contribution < 1.29 is 0 Å². The fraction of sp³-hybridized carbons (Fsp3) is 0.462. The zero-order valence-electron chi connectivity index (χ0n) is 10.6. The molecule has 1 atom stereocenters. The topological polar surface area (TPSA) is 66.5 Å². The van der Waals surface area contributed by atoms with E-state index in [1.165, 1.54) is 18.4 Å². The van der Waals surface area contributed by atoms with E-state index in [1.807, 2.05) is 6.07 Å². The van der Waals surface area contributed by atoms with Crippen LogP contribution >= 0.6 is 0 Å². The summed E-state index contributed by atoms with van der Waals surface area (Å²) >= 11 is 0. The van der Waals surface area contributed by atoms with Crippen molar-refractivity contribution in [2.24, 2.45) is 0 Å². The van der Waals surface area contributed by atoms with Crippen LogP contribution in [0, 0.1) is 0 Å². The Labute approximate surface area is 107 Å². The van der Waals surface area contributed by atoms with Crippen LogP contribution in [0.25, 0.3) is 0 Å². The first-order valence-corrected chi connectivity index (χ1v) is 6.40. The van der Waals surface area contributed by atoms with Crippen molar-refractivity contribution >= 4 is 0 Å². The summed E-state index contributed by atoms with van der Waals surface area (Å²) in [5.74, 6) is 0.701. The van der Waals surface area contributed by atoms with Gasteiger partial charge in [-0.1, -0.05) is 55.3 Å². The molecule has 0 saturated heterocycles. The van der Waals surface area contributed by atoms with Gasteiger partial charge in [0.05, 0.1) is 6.54 Å². The van der Waals surface area contributed by atoms with E-state index < -0.39 is 0 Å². The predicted molar refractivity (Wildman–Crippen MR) is 69.7 cm³/mol. The van der Waals surface area contributed by atoms with E-state index in [2.05, 4.69) is 57.1 Å². The number of aromatic amines is 1. The summed E-state index contributed by atoms with van der Waals surface area (Å²) in [7, 11) is 0. The number of nitrogens with zero attached hydrogens (tertiary/aromatic N) is 3. The van der Waals surface area contributed by atoms with Crippen molar-refractivity contribution in [3.05, 3.63) is 41.7 Å². The third-order valence-corrected chi connectivity index (χ3v) is 2.94. The molecule has 0 radical (unpaired) electrons. The van der Waals surface area contributed by atoms with Crippen LogP contribution < -0.4 is 5.32 Å². The molecule has 0 aliphatic carbocycles. The number of nitrogens with one attached hydrogen (secondary N) is 2. The summed E-state index contributed by atoms with van der Waals surface area (Å²) in [5, 5.41) is 17.4. The van der Waals surface area contributed by atoms with Crippen molar-refractivity contribution in [1.29, 1.82) is 0 Å². The lowest BCUT2D eigenvalue weighted by Gasteiger charge is -2.18. The molecule has 1 unspecified atom stereocenters. The Hall–Kier alpha value is -1.75. The number of aromatic nitrogens is 4. The molecule has 18 heavy (non-hydrogen) atoms. The average molecular weight is 245 g/mol. The molecule has 0 aliphatic rings. The van der Waals surface area contributed by atoms with E-state index in [9.17, 15) is 0 Å². The standard InChI is InChI=1S/C13H19N5/c1-2-3-9-12(11-7-5-4-6-8-11)14-10-13-15-17-18-16-13/h4-8,12,14H,2-3,9-10H2,1H3,(H,15,16,17,18). The van der Waals surface area contributed by atoms with Crippen LogP contribution in [0.15, 0.2) is 30.3 Å². The van der Waals surface area contributed by atoms with Gasteiger partial charge in [-0.25, -0.2) is 0 Å². The van der Waals surface area contributed by atoms with Crippen LogP contribution in [0.5, 0.6) is 0 Å². The molecule has 2 rings (SSSR count). The quantitative estimate of drug-likeness (QED) is 0.785. The summed E-state index contributed by atoms with van der Waals surface area (Å²) in [5.41, 5.74) is 1.31. The maximum atomic E-state index is 3.95. The van der Waals surface area contributed by atoms with Crippen LogP contribution in [-0.2, 0) is 6.54 Å². The Morgan fingerprint density at radius 1 is 1.28 bits per heavy atom. The number of benzene rings is 1. The van der Waals surface area contributed by atoms with E-state index >= 15 is 0 Å². The molecular weight excluding hydrogens is 226 g/mol. The van der Waals surface area contributed by atoms with E-state index in [0.29, 0.717) is 18.4 Å². The fourth-order valence-corrected chi connectivity index (χ4v) is 1.95. The van der Waals surface area contributed by atoms with E-state index in [1.54, 1.807) is 0 Å². The Balaban J connectivity index is 1.96. The highest BCUT2D eigenvalue weighted by Crippen LogP contribution is 2.19.